The van der Waals surface area contributed by atoms with Gasteiger partial charge in [0.1, 0.15) is 0 Å². The monoisotopic (exact) mass is 311 g/mol. The predicted octanol–water partition coefficient (Wildman–Crippen LogP) is 5.14. The molecule has 0 fully saturated rings. The largest absolute Gasteiger partial charge is 0.329 e. The Morgan fingerprint density at radius 1 is 1.05 bits per heavy atom. The lowest BCUT2D eigenvalue weighted by molar-refractivity contribution is 0.190. The highest BCUT2D eigenvalue weighted by atomic mass is 32.2. The standard InChI is InChI=1S/C16H25NOS2/c1-13(2)17(14(3)4)16(18)20-12-8-11-19-15-9-6-5-7-10-15/h5-7,9-10,13-14H,8,11-12H2,1-4H3. The minimum Gasteiger partial charge on any atom is -0.329 e. The molecule has 0 unspecified atom stereocenters. The maximum atomic E-state index is 12.1. The SMILES string of the molecule is CC(C)N(C(=O)SCCCSc1ccccc1)C(C)C. The molecule has 0 heterocycles. The van der Waals surface area contributed by atoms with Crippen LogP contribution in [0.2, 0.25) is 0 Å². The van der Waals surface area contributed by atoms with Gasteiger partial charge in [-0.05, 0) is 52.0 Å². The van der Waals surface area contributed by atoms with Gasteiger partial charge in [-0.1, -0.05) is 30.0 Å². The number of nitrogens with zero attached hydrogens (tertiary/aromatic N) is 1. The number of benzene rings is 1. The number of amides is 1. The minimum atomic E-state index is 0.208. The highest BCUT2D eigenvalue weighted by Crippen LogP contribution is 2.20. The molecule has 0 spiro atoms. The molecule has 112 valence electrons. The van der Waals surface area contributed by atoms with Crippen LogP contribution in [0.15, 0.2) is 35.2 Å². The van der Waals surface area contributed by atoms with E-state index in [0.29, 0.717) is 0 Å². The number of hydrogen-bond donors (Lipinski definition) is 0. The van der Waals surface area contributed by atoms with Gasteiger partial charge in [0.2, 0.25) is 0 Å². The molecule has 0 aliphatic heterocycles. The Morgan fingerprint density at radius 3 is 2.20 bits per heavy atom. The second kappa shape index (κ2) is 9.35. The van der Waals surface area contributed by atoms with Crippen molar-refractivity contribution in [2.45, 2.75) is 51.1 Å². The molecule has 0 bridgehead atoms. The predicted molar refractivity (Wildman–Crippen MR) is 91.7 cm³/mol. The van der Waals surface area contributed by atoms with Crippen LogP contribution in [0.3, 0.4) is 0 Å². The Labute approximate surface area is 131 Å². The Balaban J connectivity index is 2.22. The van der Waals surface area contributed by atoms with Crippen molar-refractivity contribution >= 4 is 28.8 Å². The van der Waals surface area contributed by atoms with E-state index in [1.54, 1.807) is 0 Å². The molecule has 1 rings (SSSR count). The molecule has 0 aromatic heterocycles. The highest BCUT2D eigenvalue weighted by Gasteiger charge is 2.19. The lowest BCUT2D eigenvalue weighted by Crippen LogP contribution is -2.39. The van der Waals surface area contributed by atoms with E-state index in [1.165, 1.54) is 16.7 Å². The Bertz CT molecular complexity index is 385. The van der Waals surface area contributed by atoms with Gasteiger partial charge >= 0.3 is 0 Å². The summed E-state index contributed by atoms with van der Waals surface area (Å²) in [5, 5.41) is 0.208. The van der Waals surface area contributed by atoms with E-state index in [4.69, 9.17) is 0 Å². The highest BCUT2D eigenvalue weighted by molar-refractivity contribution is 8.13. The summed E-state index contributed by atoms with van der Waals surface area (Å²) in [4.78, 5) is 15.4. The molecule has 0 atom stereocenters. The van der Waals surface area contributed by atoms with Crippen molar-refractivity contribution < 1.29 is 4.79 Å². The zero-order valence-electron chi connectivity index (χ0n) is 12.8. The third kappa shape index (κ3) is 6.23. The van der Waals surface area contributed by atoms with E-state index >= 15 is 0 Å². The summed E-state index contributed by atoms with van der Waals surface area (Å²) in [5.74, 6) is 1.96. The summed E-state index contributed by atoms with van der Waals surface area (Å²) in [7, 11) is 0. The first-order chi connectivity index (χ1) is 9.52. The molecule has 1 aromatic carbocycles. The van der Waals surface area contributed by atoms with E-state index in [-0.39, 0.29) is 17.3 Å². The van der Waals surface area contributed by atoms with Crippen molar-refractivity contribution in [1.29, 1.82) is 0 Å². The summed E-state index contributed by atoms with van der Waals surface area (Å²) >= 11 is 3.30. The molecule has 0 saturated carbocycles. The first kappa shape index (κ1) is 17.4. The molecule has 0 aliphatic carbocycles. The summed E-state index contributed by atoms with van der Waals surface area (Å²) < 4.78 is 0. The van der Waals surface area contributed by atoms with E-state index in [0.717, 1.165) is 17.9 Å². The lowest BCUT2D eigenvalue weighted by atomic mass is 10.2. The molecule has 0 N–H and O–H groups in total. The number of rotatable bonds is 7. The fraction of sp³-hybridized carbons (Fsp3) is 0.562. The fourth-order valence-corrected chi connectivity index (χ4v) is 4.11. The van der Waals surface area contributed by atoms with Gasteiger partial charge in [-0.3, -0.25) is 4.79 Å². The van der Waals surface area contributed by atoms with Crippen LogP contribution in [0, 0.1) is 0 Å². The van der Waals surface area contributed by atoms with Gasteiger partial charge in [-0.25, -0.2) is 0 Å². The molecular weight excluding hydrogens is 286 g/mol. The van der Waals surface area contributed by atoms with Crippen LogP contribution in [-0.4, -0.2) is 33.7 Å². The van der Waals surface area contributed by atoms with Gasteiger partial charge < -0.3 is 4.90 Å². The van der Waals surface area contributed by atoms with Crippen molar-refractivity contribution in [2.24, 2.45) is 0 Å². The Morgan fingerprint density at radius 2 is 1.65 bits per heavy atom. The molecule has 0 radical (unpaired) electrons. The fourth-order valence-electron chi connectivity index (χ4n) is 2.02. The van der Waals surface area contributed by atoms with Crippen molar-refractivity contribution in [3.05, 3.63) is 30.3 Å². The third-order valence-electron chi connectivity index (χ3n) is 2.85. The van der Waals surface area contributed by atoms with Crippen LogP contribution >= 0.6 is 23.5 Å². The van der Waals surface area contributed by atoms with Crippen LogP contribution in [0.25, 0.3) is 0 Å². The van der Waals surface area contributed by atoms with Gasteiger partial charge in [0.25, 0.3) is 5.24 Å². The van der Waals surface area contributed by atoms with Gasteiger partial charge in [0, 0.05) is 22.7 Å². The van der Waals surface area contributed by atoms with Crippen LogP contribution in [0.5, 0.6) is 0 Å². The van der Waals surface area contributed by atoms with Gasteiger partial charge in [0.15, 0.2) is 0 Å². The second-order valence-corrected chi connectivity index (χ2v) is 7.44. The molecule has 20 heavy (non-hydrogen) atoms. The molecular formula is C16H25NOS2. The van der Waals surface area contributed by atoms with E-state index < -0.39 is 0 Å². The molecule has 1 aromatic rings. The Hall–Kier alpha value is -0.610. The van der Waals surface area contributed by atoms with Crippen LogP contribution in [0.1, 0.15) is 34.1 Å². The van der Waals surface area contributed by atoms with E-state index in [2.05, 4.69) is 52.0 Å². The maximum absolute atomic E-state index is 12.1. The van der Waals surface area contributed by atoms with E-state index in [1.807, 2.05) is 22.7 Å². The Kier molecular flexibility index (Phi) is 8.15. The molecule has 2 nitrogen and oxygen atoms in total. The summed E-state index contributed by atoms with van der Waals surface area (Å²) in [6, 6.07) is 10.9. The zero-order chi connectivity index (χ0) is 15.0. The van der Waals surface area contributed by atoms with Crippen LogP contribution in [-0.2, 0) is 0 Å². The van der Waals surface area contributed by atoms with Gasteiger partial charge in [-0.2, -0.15) is 0 Å². The second-order valence-electron chi connectivity index (χ2n) is 5.22. The normalized spacial score (nSPS) is 11.1. The van der Waals surface area contributed by atoms with Crippen molar-refractivity contribution in [2.75, 3.05) is 11.5 Å². The smallest absolute Gasteiger partial charge is 0.282 e. The van der Waals surface area contributed by atoms with Gasteiger partial charge in [-0.15, -0.1) is 11.8 Å². The average Bonchev–Trinajstić information content (AvgIpc) is 2.38. The van der Waals surface area contributed by atoms with Crippen LogP contribution in [0.4, 0.5) is 4.79 Å². The minimum absolute atomic E-state index is 0.208. The lowest BCUT2D eigenvalue weighted by Gasteiger charge is -2.30. The number of carbonyl (C=O) groups excluding carboxylic acids is 1. The zero-order valence-corrected chi connectivity index (χ0v) is 14.5. The summed E-state index contributed by atoms with van der Waals surface area (Å²) in [5.41, 5.74) is 0. The quantitative estimate of drug-likeness (QED) is 0.513. The first-order valence-corrected chi connectivity index (χ1v) is 9.12. The average molecular weight is 312 g/mol. The van der Waals surface area contributed by atoms with Crippen molar-refractivity contribution in [3.8, 4) is 0 Å². The number of hydrogen-bond acceptors (Lipinski definition) is 3. The van der Waals surface area contributed by atoms with E-state index in [9.17, 15) is 4.79 Å². The number of carbonyl (C=O) groups is 1. The van der Waals surface area contributed by atoms with Crippen LogP contribution < -0.4 is 0 Å². The van der Waals surface area contributed by atoms with Crippen molar-refractivity contribution in [3.63, 3.8) is 0 Å². The summed E-state index contributed by atoms with van der Waals surface area (Å²) in [6.45, 7) is 8.29. The van der Waals surface area contributed by atoms with Crippen molar-refractivity contribution in [1.82, 2.24) is 4.90 Å². The molecule has 4 heteroatoms. The molecule has 0 saturated heterocycles. The molecule has 0 aliphatic rings. The maximum Gasteiger partial charge on any atom is 0.282 e. The number of thioether (sulfide) groups is 2. The molecule has 1 amide bonds. The van der Waals surface area contributed by atoms with Gasteiger partial charge in [0.05, 0.1) is 0 Å². The summed E-state index contributed by atoms with van der Waals surface area (Å²) in [6.07, 6.45) is 1.06. The first-order valence-electron chi connectivity index (χ1n) is 7.15. The third-order valence-corrected chi connectivity index (χ3v) is 4.90. The topological polar surface area (TPSA) is 20.3 Å².